The summed E-state index contributed by atoms with van der Waals surface area (Å²) in [7, 11) is 1.64. The second kappa shape index (κ2) is 7.33. The SMILES string of the molecule is CN(CCO)C(=O)c1cnn2c1CN(Cc1cc3c(F)cc(F)cc3[nH]1)CC2. The zero-order valence-electron chi connectivity index (χ0n) is 15.5. The number of aromatic nitrogens is 3. The molecule has 3 heterocycles. The molecule has 2 N–H and O–H groups in total. The minimum absolute atomic E-state index is 0.102. The number of halogens is 2. The second-order valence-electron chi connectivity index (χ2n) is 7.03. The van der Waals surface area contributed by atoms with Gasteiger partial charge in [0.25, 0.3) is 5.91 Å². The van der Waals surface area contributed by atoms with Crippen LogP contribution in [0.4, 0.5) is 8.78 Å². The van der Waals surface area contributed by atoms with E-state index in [0.717, 1.165) is 24.0 Å². The summed E-state index contributed by atoms with van der Waals surface area (Å²) in [5.74, 6) is -1.38. The van der Waals surface area contributed by atoms with Crippen LogP contribution in [0.3, 0.4) is 0 Å². The minimum Gasteiger partial charge on any atom is -0.395 e. The summed E-state index contributed by atoms with van der Waals surface area (Å²) in [5.41, 5.74) is 2.54. The molecule has 0 saturated carbocycles. The third kappa shape index (κ3) is 3.38. The quantitative estimate of drug-likeness (QED) is 0.697. The number of aliphatic hydroxyl groups excluding tert-OH is 1. The van der Waals surface area contributed by atoms with Crippen LogP contribution in [0, 0.1) is 11.6 Å². The van der Waals surface area contributed by atoms with Crippen molar-refractivity contribution in [2.45, 2.75) is 19.6 Å². The van der Waals surface area contributed by atoms with Gasteiger partial charge in [-0.2, -0.15) is 5.10 Å². The first-order valence-corrected chi connectivity index (χ1v) is 9.06. The van der Waals surface area contributed by atoms with Crippen molar-refractivity contribution in [2.75, 3.05) is 26.7 Å². The van der Waals surface area contributed by atoms with Crippen LogP contribution >= 0.6 is 0 Å². The van der Waals surface area contributed by atoms with E-state index in [0.29, 0.717) is 36.1 Å². The molecule has 9 heteroatoms. The molecule has 0 aliphatic carbocycles. The summed E-state index contributed by atoms with van der Waals surface area (Å²) in [5, 5.41) is 13.7. The Hall–Kier alpha value is -2.78. The molecule has 0 spiro atoms. The number of fused-ring (bicyclic) bond motifs is 2. The van der Waals surface area contributed by atoms with Gasteiger partial charge in [0.1, 0.15) is 11.6 Å². The van der Waals surface area contributed by atoms with Gasteiger partial charge >= 0.3 is 0 Å². The average Bonchev–Trinajstić information content (AvgIpc) is 3.25. The first-order valence-electron chi connectivity index (χ1n) is 9.06. The fraction of sp³-hybridized carbons (Fsp3) is 0.368. The highest BCUT2D eigenvalue weighted by molar-refractivity contribution is 5.95. The number of hydrogen-bond acceptors (Lipinski definition) is 4. The molecule has 0 bridgehead atoms. The number of likely N-dealkylation sites (N-methyl/N-ethyl adjacent to an activating group) is 1. The average molecular weight is 389 g/mol. The molecule has 0 unspecified atom stereocenters. The highest BCUT2D eigenvalue weighted by Crippen LogP contribution is 2.23. The molecule has 28 heavy (non-hydrogen) atoms. The summed E-state index contributed by atoms with van der Waals surface area (Å²) < 4.78 is 29.1. The number of hydrogen-bond donors (Lipinski definition) is 2. The largest absolute Gasteiger partial charge is 0.395 e. The van der Waals surface area contributed by atoms with Crippen molar-refractivity contribution in [3.63, 3.8) is 0 Å². The molecule has 1 aliphatic rings. The van der Waals surface area contributed by atoms with Crippen LogP contribution in [0.25, 0.3) is 10.9 Å². The van der Waals surface area contributed by atoms with Crippen molar-refractivity contribution in [2.24, 2.45) is 0 Å². The molecule has 4 rings (SSSR count). The van der Waals surface area contributed by atoms with E-state index in [1.54, 1.807) is 19.3 Å². The lowest BCUT2D eigenvalue weighted by atomic mass is 10.1. The summed E-state index contributed by atoms with van der Waals surface area (Å²) in [6.45, 7) is 2.54. The molecular formula is C19H21F2N5O2. The van der Waals surface area contributed by atoms with E-state index < -0.39 is 11.6 Å². The highest BCUT2D eigenvalue weighted by Gasteiger charge is 2.25. The summed E-state index contributed by atoms with van der Waals surface area (Å²) >= 11 is 0. The Kier molecular flexibility index (Phi) is 4.86. The van der Waals surface area contributed by atoms with Crippen molar-refractivity contribution in [3.05, 3.63) is 53.0 Å². The van der Waals surface area contributed by atoms with E-state index >= 15 is 0 Å². The number of nitrogens with one attached hydrogen (secondary N) is 1. The summed E-state index contributed by atoms with van der Waals surface area (Å²) in [4.78, 5) is 19.2. The molecule has 1 aliphatic heterocycles. The summed E-state index contributed by atoms with van der Waals surface area (Å²) in [6.07, 6.45) is 1.57. The predicted octanol–water partition coefficient (Wildman–Crippen LogP) is 1.72. The Bertz CT molecular complexity index is 1030. The van der Waals surface area contributed by atoms with E-state index in [2.05, 4.69) is 15.0 Å². The molecule has 0 fully saturated rings. The maximum atomic E-state index is 13.9. The van der Waals surface area contributed by atoms with Crippen LogP contribution in [0.2, 0.25) is 0 Å². The topological polar surface area (TPSA) is 77.4 Å². The summed E-state index contributed by atoms with van der Waals surface area (Å²) in [6, 6.07) is 3.85. The first-order chi connectivity index (χ1) is 13.5. The molecule has 0 atom stereocenters. The van der Waals surface area contributed by atoms with E-state index in [-0.39, 0.29) is 19.1 Å². The van der Waals surface area contributed by atoms with Crippen LogP contribution in [-0.2, 0) is 19.6 Å². The van der Waals surface area contributed by atoms with Crippen molar-refractivity contribution in [3.8, 4) is 0 Å². The Balaban J connectivity index is 1.54. The zero-order chi connectivity index (χ0) is 19.8. The number of aliphatic hydroxyl groups is 1. The van der Waals surface area contributed by atoms with Gasteiger partial charge in [0.2, 0.25) is 0 Å². The number of nitrogens with zero attached hydrogens (tertiary/aromatic N) is 4. The number of carbonyl (C=O) groups excluding carboxylic acids is 1. The van der Waals surface area contributed by atoms with Gasteiger partial charge in [0.05, 0.1) is 36.1 Å². The van der Waals surface area contributed by atoms with E-state index in [9.17, 15) is 13.6 Å². The lowest BCUT2D eigenvalue weighted by molar-refractivity contribution is 0.0763. The first kappa shape index (κ1) is 18.6. The Morgan fingerprint density at radius 1 is 1.32 bits per heavy atom. The number of H-pyrrole nitrogens is 1. The van der Waals surface area contributed by atoms with Crippen molar-refractivity contribution >= 4 is 16.8 Å². The molecule has 1 amide bonds. The van der Waals surface area contributed by atoms with Gasteiger partial charge in [0, 0.05) is 50.4 Å². The van der Waals surface area contributed by atoms with Gasteiger partial charge in [-0.15, -0.1) is 0 Å². The standard InChI is InChI=1S/C19H21F2N5O2/c1-24(4-5-27)19(28)15-9-22-26-3-2-25(11-18(15)26)10-13-8-14-16(21)6-12(20)7-17(14)23-13/h6-9,23,27H,2-5,10-11H2,1H3. The number of rotatable bonds is 5. The van der Waals surface area contributed by atoms with Crippen LogP contribution in [-0.4, -0.2) is 62.3 Å². The molecule has 0 radical (unpaired) electrons. The Morgan fingerprint density at radius 3 is 2.93 bits per heavy atom. The van der Waals surface area contributed by atoms with E-state index in [1.807, 2.05) is 4.68 Å². The smallest absolute Gasteiger partial charge is 0.257 e. The maximum absolute atomic E-state index is 13.9. The van der Waals surface area contributed by atoms with Gasteiger partial charge in [-0.1, -0.05) is 0 Å². The van der Waals surface area contributed by atoms with E-state index in [1.165, 1.54) is 11.0 Å². The monoisotopic (exact) mass is 389 g/mol. The lowest BCUT2D eigenvalue weighted by Crippen LogP contribution is -2.36. The van der Waals surface area contributed by atoms with Gasteiger partial charge in [-0.05, 0) is 12.1 Å². The third-order valence-electron chi connectivity index (χ3n) is 5.06. The van der Waals surface area contributed by atoms with Gasteiger partial charge < -0.3 is 15.0 Å². The second-order valence-corrected chi connectivity index (χ2v) is 7.03. The lowest BCUT2D eigenvalue weighted by Gasteiger charge is -2.28. The third-order valence-corrected chi connectivity index (χ3v) is 5.06. The fourth-order valence-electron chi connectivity index (χ4n) is 3.61. The van der Waals surface area contributed by atoms with Crippen molar-refractivity contribution in [1.82, 2.24) is 24.6 Å². The number of carbonyl (C=O) groups is 1. The molecule has 1 aromatic carbocycles. The molecule has 7 nitrogen and oxygen atoms in total. The van der Waals surface area contributed by atoms with Gasteiger partial charge in [-0.25, -0.2) is 8.78 Å². The molecule has 3 aromatic rings. The highest BCUT2D eigenvalue weighted by atomic mass is 19.1. The Morgan fingerprint density at radius 2 is 2.14 bits per heavy atom. The van der Waals surface area contributed by atoms with Crippen LogP contribution < -0.4 is 0 Å². The Labute approximate surface area is 160 Å². The van der Waals surface area contributed by atoms with E-state index in [4.69, 9.17) is 5.11 Å². The normalized spacial score (nSPS) is 14.4. The molecular weight excluding hydrogens is 368 g/mol. The zero-order valence-corrected chi connectivity index (χ0v) is 15.5. The molecule has 0 saturated heterocycles. The van der Waals surface area contributed by atoms with Crippen LogP contribution in [0.5, 0.6) is 0 Å². The number of aromatic amines is 1. The fourth-order valence-corrected chi connectivity index (χ4v) is 3.61. The van der Waals surface area contributed by atoms with Crippen molar-refractivity contribution in [1.29, 1.82) is 0 Å². The molecule has 2 aromatic heterocycles. The van der Waals surface area contributed by atoms with Crippen LogP contribution in [0.1, 0.15) is 21.7 Å². The van der Waals surface area contributed by atoms with Gasteiger partial charge in [0.15, 0.2) is 0 Å². The maximum Gasteiger partial charge on any atom is 0.257 e. The number of benzene rings is 1. The van der Waals surface area contributed by atoms with Crippen LogP contribution in [0.15, 0.2) is 24.4 Å². The van der Waals surface area contributed by atoms with Crippen molar-refractivity contribution < 1.29 is 18.7 Å². The molecule has 148 valence electrons. The van der Waals surface area contributed by atoms with Gasteiger partial charge in [-0.3, -0.25) is 14.4 Å². The minimum atomic E-state index is -0.615. The predicted molar refractivity (Wildman–Crippen MR) is 98.6 cm³/mol. The number of amides is 1.